The quantitative estimate of drug-likeness (QED) is 0.765. The summed E-state index contributed by atoms with van der Waals surface area (Å²) in [5.41, 5.74) is -0.815. The van der Waals surface area contributed by atoms with Crippen molar-refractivity contribution in [2.75, 3.05) is 0 Å². The molecule has 0 bridgehead atoms. The van der Waals surface area contributed by atoms with Gasteiger partial charge in [0, 0.05) is 13.1 Å². The monoisotopic (exact) mass is 224 g/mol. The first-order valence-corrected chi connectivity index (χ1v) is 5.63. The van der Waals surface area contributed by atoms with Crippen molar-refractivity contribution in [1.82, 2.24) is 9.13 Å². The van der Waals surface area contributed by atoms with Gasteiger partial charge in [0.15, 0.2) is 5.88 Å². The van der Waals surface area contributed by atoms with Crippen molar-refractivity contribution in [2.45, 2.75) is 38.1 Å². The molecule has 1 aromatic rings. The number of aromatic nitrogens is 2. The van der Waals surface area contributed by atoms with Gasteiger partial charge in [0.1, 0.15) is 0 Å². The molecular weight excluding hydrogens is 208 g/mol. The maximum Gasteiger partial charge on any atom is 0.333 e. The summed E-state index contributed by atoms with van der Waals surface area (Å²) < 4.78 is 2.38. The first-order valence-electron chi connectivity index (χ1n) is 5.63. The predicted octanol–water partition coefficient (Wildman–Crippen LogP) is 0.758. The summed E-state index contributed by atoms with van der Waals surface area (Å²) in [4.78, 5) is 23.6. The maximum atomic E-state index is 11.9. The van der Waals surface area contributed by atoms with Crippen molar-refractivity contribution in [1.29, 1.82) is 0 Å². The van der Waals surface area contributed by atoms with Crippen molar-refractivity contribution in [3.05, 3.63) is 26.9 Å². The van der Waals surface area contributed by atoms with Crippen LogP contribution in [0.2, 0.25) is 0 Å². The van der Waals surface area contributed by atoms with Crippen LogP contribution in [0.1, 0.15) is 38.1 Å². The van der Waals surface area contributed by atoms with Crippen LogP contribution in [0.3, 0.4) is 0 Å². The van der Waals surface area contributed by atoms with E-state index in [-0.39, 0.29) is 11.9 Å². The van der Waals surface area contributed by atoms with Gasteiger partial charge >= 0.3 is 5.69 Å². The minimum atomic E-state index is -0.420. The molecule has 0 spiro atoms. The van der Waals surface area contributed by atoms with E-state index in [9.17, 15) is 14.7 Å². The largest absolute Gasteiger partial charge is 0.494 e. The summed E-state index contributed by atoms with van der Waals surface area (Å²) in [6.45, 7) is 0. The highest BCUT2D eigenvalue weighted by Crippen LogP contribution is 2.25. The van der Waals surface area contributed by atoms with Gasteiger partial charge in [-0.15, -0.1) is 0 Å². The fourth-order valence-corrected chi connectivity index (χ4v) is 2.31. The molecule has 1 saturated carbocycles. The molecule has 0 unspecified atom stereocenters. The number of hydrogen-bond acceptors (Lipinski definition) is 3. The molecule has 88 valence electrons. The highest BCUT2D eigenvalue weighted by atomic mass is 16.3. The Balaban J connectivity index is 2.51. The normalized spacial score (nSPS) is 17.6. The van der Waals surface area contributed by atoms with E-state index in [0.717, 1.165) is 36.3 Å². The second-order valence-corrected chi connectivity index (χ2v) is 4.34. The van der Waals surface area contributed by atoms with E-state index in [2.05, 4.69) is 0 Å². The summed E-state index contributed by atoms with van der Waals surface area (Å²) in [6.07, 6.45) is 5.03. The van der Waals surface area contributed by atoms with Crippen molar-refractivity contribution in [3.63, 3.8) is 0 Å². The van der Waals surface area contributed by atoms with Crippen molar-refractivity contribution < 1.29 is 5.11 Å². The lowest BCUT2D eigenvalue weighted by molar-refractivity contribution is 0.321. The average molecular weight is 224 g/mol. The zero-order valence-corrected chi connectivity index (χ0v) is 9.35. The average Bonchev–Trinajstić information content (AvgIpc) is 2.28. The minimum absolute atomic E-state index is 0.000509. The van der Waals surface area contributed by atoms with Gasteiger partial charge in [-0.25, -0.2) is 4.79 Å². The third kappa shape index (κ3) is 1.77. The van der Waals surface area contributed by atoms with Gasteiger partial charge < -0.3 is 5.11 Å². The van der Waals surface area contributed by atoms with Gasteiger partial charge in [-0.05, 0) is 12.8 Å². The van der Waals surface area contributed by atoms with Crippen LogP contribution < -0.4 is 11.2 Å². The summed E-state index contributed by atoms with van der Waals surface area (Å²) in [6, 6.07) is 1.11. The molecular formula is C11H16N2O3. The predicted molar refractivity (Wildman–Crippen MR) is 59.7 cm³/mol. The van der Waals surface area contributed by atoms with Crippen LogP contribution >= 0.6 is 0 Å². The molecule has 1 aliphatic carbocycles. The molecule has 1 N–H and O–H groups in total. The Morgan fingerprint density at radius 2 is 1.88 bits per heavy atom. The van der Waals surface area contributed by atoms with Crippen molar-refractivity contribution in [3.8, 4) is 5.88 Å². The van der Waals surface area contributed by atoms with E-state index >= 15 is 0 Å². The smallest absolute Gasteiger partial charge is 0.333 e. The number of nitrogens with zero attached hydrogens (tertiary/aromatic N) is 2. The SMILES string of the molecule is Cn1c(O)cc(=O)n(C2CCCCC2)c1=O. The summed E-state index contributed by atoms with van der Waals surface area (Å²) in [7, 11) is 1.47. The van der Waals surface area contributed by atoms with Crippen LogP contribution in [0.4, 0.5) is 0 Å². The van der Waals surface area contributed by atoms with Gasteiger partial charge in [-0.1, -0.05) is 19.3 Å². The topological polar surface area (TPSA) is 64.2 Å². The van der Waals surface area contributed by atoms with Crippen LogP contribution in [-0.4, -0.2) is 14.2 Å². The highest BCUT2D eigenvalue weighted by molar-refractivity contribution is 5.07. The number of aromatic hydroxyl groups is 1. The molecule has 1 aliphatic rings. The Hall–Kier alpha value is -1.52. The molecule has 0 amide bonds. The lowest BCUT2D eigenvalue weighted by Crippen LogP contribution is -2.41. The Morgan fingerprint density at radius 3 is 2.50 bits per heavy atom. The third-order valence-electron chi connectivity index (χ3n) is 3.27. The van der Waals surface area contributed by atoms with E-state index < -0.39 is 11.2 Å². The first-order chi connectivity index (χ1) is 7.61. The molecule has 1 fully saturated rings. The molecule has 2 rings (SSSR count). The van der Waals surface area contributed by atoms with Crippen molar-refractivity contribution in [2.24, 2.45) is 7.05 Å². The summed E-state index contributed by atoms with van der Waals surface area (Å²) in [5, 5.41) is 9.35. The molecule has 1 heterocycles. The molecule has 0 saturated heterocycles. The summed E-state index contributed by atoms with van der Waals surface area (Å²) >= 11 is 0. The van der Waals surface area contributed by atoms with Gasteiger partial charge in [-0.2, -0.15) is 0 Å². The van der Waals surface area contributed by atoms with Gasteiger partial charge in [0.2, 0.25) is 0 Å². The lowest BCUT2D eigenvalue weighted by Gasteiger charge is -2.23. The number of hydrogen-bond donors (Lipinski definition) is 1. The molecule has 0 aliphatic heterocycles. The van der Waals surface area contributed by atoms with E-state index in [1.165, 1.54) is 18.0 Å². The zero-order chi connectivity index (χ0) is 11.7. The van der Waals surface area contributed by atoms with Crippen LogP contribution in [-0.2, 0) is 7.05 Å². The Bertz CT molecular complexity index is 495. The molecule has 16 heavy (non-hydrogen) atoms. The maximum absolute atomic E-state index is 11.9. The first kappa shape index (κ1) is 11.0. The Labute approximate surface area is 93.0 Å². The number of rotatable bonds is 1. The highest BCUT2D eigenvalue weighted by Gasteiger charge is 2.20. The lowest BCUT2D eigenvalue weighted by atomic mass is 9.95. The van der Waals surface area contributed by atoms with Crippen LogP contribution in [0, 0.1) is 0 Å². The standard InChI is InChI=1S/C11H16N2O3/c1-12-9(14)7-10(15)13(11(12)16)8-5-3-2-4-6-8/h7-8,14H,2-6H2,1H3. The molecule has 0 aromatic carbocycles. The van der Waals surface area contributed by atoms with E-state index in [0.29, 0.717) is 0 Å². The molecule has 0 radical (unpaired) electrons. The zero-order valence-electron chi connectivity index (χ0n) is 9.35. The van der Waals surface area contributed by atoms with Gasteiger partial charge in [-0.3, -0.25) is 13.9 Å². The van der Waals surface area contributed by atoms with Crippen LogP contribution in [0.5, 0.6) is 5.88 Å². The van der Waals surface area contributed by atoms with Gasteiger partial charge in [0.25, 0.3) is 5.56 Å². The molecule has 1 aromatic heterocycles. The summed E-state index contributed by atoms with van der Waals surface area (Å²) in [5.74, 6) is -0.276. The third-order valence-corrected chi connectivity index (χ3v) is 3.27. The molecule has 5 heteroatoms. The van der Waals surface area contributed by atoms with Crippen LogP contribution in [0.15, 0.2) is 15.7 Å². The molecule has 0 atom stereocenters. The molecule has 5 nitrogen and oxygen atoms in total. The minimum Gasteiger partial charge on any atom is -0.494 e. The Kier molecular flexibility index (Phi) is 2.85. The van der Waals surface area contributed by atoms with E-state index in [4.69, 9.17) is 0 Å². The fourth-order valence-electron chi connectivity index (χ4n) is 2.31. The second-order valence-electron chi connectivity index (χ2n) is 4.34. The Morgan fingerprint density at radius 1 is 1.25 bits per heavy atom. The fraction of sp³-hybridized carbons (Fsp3) is 0.636. The van der Waals surface area contributed by atoms with E-state index in [1.54, 1.807) is 0 Å². The van der Waals surface area contributed by atoms with Crippen LogP contribution in [0.25, 0.3) is 0 Å². The van der Waals surface area contributed by atoms with E-state index in [1.807, 2.05) is 0 Å². The van der Waals surface area contributed by atoms with Gasteiger partial charge in [0.05, 0.1) is 6.07 Å². The van der Waals surface area contributed by atoms with Crippen molar-refractivity contribution >= 4 is 0 Å². The second kappa shape index (κ2) is 4.15.